The molecule has 0 unspecified atom stereocenters. The highest BCUT2D eigenvalue weighted by atomic mass is 19.2. The van der Waals surface area contributed by atoms with E-state index in [-0.39, 0.29) is 23.6 Å². The molecule has 0 radical (unpaired) electrons. The van der Waals surface area contributed by atoms with Gasteiger partial charge < -0.3 is 10.6 Å². The normalized spacial score (nSPS) is 17.5. The van der Waals surface area contributed by atoms with E-state index in [9.17, 15) is 18.0 Å². The standard InChI is InChI=1S/C15H19F3N2O/c1-19-15(5-3-2-4-6-15)9-13(21)20-10-7-11(16)14(18)12(17)8-10/h7-8,19H,2-6,9H2,1H3,(H,20,21). The van der Waals surface area contributed by atoms with Crippen molar-refractivity contribution in [3.05, 3.63) is 29.6 Å². The van der Waals surface area contributed by atoms with Gasteiger partial charge in [-0.15, -0.1) is 0 Å². The lowest BCUT2D eigenvalue weighted by atomic mass is 9.79. The van der Waals surface area contributed by atoms with Crippen molar-refractivity contribution in [2.45, 2.75) is 44.1 Å². The van der Waals surface area contributed by atoms with Gasteiger partial charge in [-0.25, -0.2) is 13.2 Å². The number of carbonyl (C=O) groups excluding carboxylic acids is 1. The van der Waals surface area contributed by atoms with Gasteiger partial charge in [-0.1, -0.05) is 19.3 Å². The van der Waals surface area contributed by atoms with Gasteiger partial charge >= 0.3 is 0 Å². The molecule has 0 saturated heterocycles. The molecule has 6 heteroatoms. The molecule has 1 aliphatic carbocycles. The summed E-state index contributed by atoms with van der Waals surface area (Å²) < 4.78 is 39.1. The number of nitrogens with one attached hydrogen (secondary N) is 2. The summed E-state index contributed by atoms with van der Waals surface area (Å²) in [5.74, 6) is -4.50. The van der Waals surface area contributed by atoms with Gasteiger partial charge in [-0.05, 0) is 19.9 Å². The first kappa shape index (κ1) is 15.8. The van der Waals surface area contributed by atoms with E-state index >= 15 is 0 Å². The molecule has 21 heavy (non-hydrogen) atoms. The van der Waals surface area contributed by atoms with E-state index in [1.54, 1.807) is 0 Å². The zero-order chi connectivity index (χ0) is 15.5. The van der Waals surface area contributed by atoms with E-state index in [4.69, 9.17) is 0 Å². The van der Waals surface area contributed by atoms with Crippen LogP contribution >= 0.6 is 0 Å². The van der Waals surface area contributed by atoms with Crippen molar-refractivity contribution in [1.82, 2.24) is 5.32 Å². The van der Waals surface area contributed by atoms with Crippen molar-refractivity contribution >= 4 is 11.6 Å². The highest BCUT2D eigenvalue weighted by Crippen LogP contribution is 2.31. The number of hydrogen-bond donors (Lipinski definition) is 2. The molecule has 0 bridgehead atoms. The van der Waals surface area contributed by atoms with Gasteiger partial charge in [0.05, 0.1) is 0 Å². The first-order valence-electron chi connectivity index (χ1n) is 7.09. The molecule has 116 valence electrons. The smallest absolute Gasteiger partial charge is 0.226 e. The summed E-state index contributed by atoms with van der Waals surface area (Å²) in [6, 6.07) is 1.56. The SMILES string of the molecule is CNC1(CC(=O)Nc2cc(F)c(F)c(F)c2)CCCCC1. The van der Waals surface area contributed by atoms with Crippen molar-refractivity contribution < 1.29 is 18.0 Å². The Kier molecular flexibility index (Phi) is 4.88. The molecular formula is C15H19F3N2O. The van der Waals surface area contributed by atoms with Crippen LogP contribution in [0.3, 0.4) is 0 Å². The fourth-order valence-electron chi connectivity index (χ4n) is 2.88. The molecule has 2 N–H and O–H groups in total. The molecule has 1 fully saturated rings. The molecule has 0 heterocycles. The number of hydrogen-bond acceptors (Lipinski definition) is 2. The van der Waals surface area contributed by atoms with Gasteiger partial charge in [-0.2, -0.15) is 0 Å². The van der Waals surface area contributed by atoms with Gasteiger partial charge in [0.1, 0.15) is 0 Å². The van der Waals surface area contributed by atoms with Crippen molar-refractivity contribution in [2.24, 2.45) is 0 Å². The molecular weight excluding hydrogens is 281 g/mol. The lowest BCUT2D eigenvalue weighted by Crippen LogP contribution is -2.47. The third kappa shape index (κ3) is 3.75. The number of halogens is 3. The number of anilines is 1. The van der Waals surface area contributed by atoms with Crippen molar-refractivity contribution in [2.75, 3.05) is 12.4 Å². The summed E-state index contributed by atoms with van der Waals surface area (Å²) in [6.07, 6.45) is 5.26. The molecule has 1 aromatic rings. The van der Waals surface area contributed by atoms with Gasteiger partial charge in [0.2, 0.25) is 5.91 Å². The molecule has 1 amide bonds. The fourth-order valence-corrected chi connectivity index (χ4v) is 2.88. The molecule has 0 aromatic heterocycles. The second-order valence-electron chi connectivity index (χ2n) is 5.57. The zero-order valence-corrected chi connectivity index (χ0v) is 11.9. The monoisotopic (exact) mass is 300 g/mol. The zero-order valence-electron chi connectivity index (χ0n) is 11.9. The average molecular weight is 300 g/mol. The van der Waals surface area contributed by atoms with Crippen LogP contribution in [0.25, 0.3) is 0 Å². The van der Waals surface area contributed by atoms with Gasteiger partial charge in [-0.3, -0.25) is 4.79 Å². The lowest BCUT2D eigenvalue weighted by Gasteiger charge is -2.36. The van der Waals surface area contributed by atoms with Crippen LogP contribution < -0.4 is 10.6 Å². The Morgan fingerprint density at radius 1 is 1.14 bits per heavy atom. The predicted octanol–water partition coefficient (Wildman–Crippen LogP) is 3.35. The van der Waals surface area contributed by atoms with Crippen LogP contribution in [0.2, 0.25) is 0 Å². The van der Waals surface area contributed by atoms with E-state index in [1.165, 1.54) is 0 Å². The Bertz CT molecular complexity index is 505. The fraction of sp³-hybridized carbons (Fsp3) is 0.533. The van der Waals surface area contributed by atoms with Crippen LogP contribution in [-0.2, 0) is 4.79 Å². The van der Waals surface area contributed by atoms with E-state index in [1.807, 2.05) is 7.05 Å². The molecule has 0 aliphatic heterocycles. The van der Waals surface area contributed by atoms with Crippen LogP contribution in [0.5, 0.6) is 0 Å². The second-order valence-corrected chi connectivity index (χ2v) is 5.57. The predicted molar refractivity (Wildman–Crippen MR) is 74.4 cm³/mol. The van der Waals surface area contributed by atoms with Crippen LogP contribution in [0.4, 0.5) is 18.9 Å². The molecule has 2 rings (SSSR count). The van der Waals surface area contributed by atoms with Crippen LogP contribution in [0, 0.1) is 17.5 Å². The Morgan fingerprint density at radius 2 is 1.71 bits per heavy atom. The average Bonchev–Trinajstić information content (AvgIpc) is 2.45. The van der Waals surface area contributed by atoms with E-state index in [0.29, 0.717) is 0 Å². The highest BCUT2D eigenvalue weighted by molar-refractivity contribution is 5.91. The maximum atomic E-state index is 13.1. The second kappa shape index (κ2) is 6.47. The van der Waals surface area contributed by atoms with Crippen molar-refractivity contribution in [3.8, 4) is 0 Å². The Labute approximate surface area is 121 Å². The molecule has 3 nitrogen and oxygen atoms in total. The first-order chi connectivity index (χ1) is 9.96. The lowest BCUT2D eigenvalue weighted by molar-refractivity contribution is -0.117. The van der Waals surface area contributed by atoms with Gasteiger partial charge in [0, 0.05) is 29.8 Å². The Hall–Kier alpha value is -1.56. The van der Waals surface area contributed by atoms with Crippen LogP contribution in [0.15, 0.2) is 12.1 Å². The molecule has 1 aliphatic rings. The third-order valence-corrected chi connectivity index (χ3v) is 4.11. The quantitative estimate of drug-likeness (QED) is 0.837. The summed E-state index contributed by atoms with van der Waals surface area (Å²) in [5, 5.41) is 5.63. The number of rotatable bonds is 4. The summed E-state index contributed by atoms with van der Waals surface area (Å²) in [4.78, 5) is 12.1. The maximum absolute atomic E-state index is 13.1. The molecule has 1 aromatic carbocycles. The highest BCUT2D eigenvalue weighted by Gasteiger charge is 2.32. The summed E-state index contributed by atoms with van der Waals surface area (Å²) in [5.41, 5.74) is -0.335. The molecule has 0 atom stereocenters. The van der Waals surface area contributed by atoms with Crippen LogP contribution in [0.1, 0.15) is 38.5 Å². The topological polar surface area (TPSA) is 41.1 Å². The largest absolute Gasteiger partial charge is 0.326 e. The van der Waals surface area contributed by atoms with E-state index in [0.717, 1.165) is 44.2 Å². The minimum Gasteiger partial charge on any atom is -0.326 e. The maximum Gasteiger partial charge on any atom is 0.226 e. The third-order valence-electron chi connectivity index (χ3n) is 4.11. The minimum absolute atomic E-state index is 0.0709. The van der Waals surface area contributed by atoms with Crippen molar-refractivity contribution in [1.29, 1.82) is 0 Å². The Balaban J connectivity index is 2.04. The summed E-state index contributed by atoms with van der Waals surface area (Å²) >= 11 is 0. The van der Waals surface area contributed by atoms with E-state index in [2.05, 4.69) is 10.6 Å². The molecule has 1 saturated carbocycles. The van der Waals surface area contributed by atoms with Crippen molar-refractivity contribution in [3.63, 3.8) is 0 Å². The van der Waals surface area contributed by atoms with Gasteiger partial charge in [0.15, 0.2) is 17.5 Å². The summed E-state index contributed by atoms with van der Waals surface area (Å²) in [7, 11) is 1.82. The van der Waals surface area contributed by atoms with Gasteiger partial charge in [0.25, 0.3) is 0 Å². The minimum atomic E-state index is -1.54. The Morgan fingerprint density at radius 3 is 2.24 bits per heavy atom. The summed E-state index contributed by atoms with van der Waals surface area (Å²) in [6.45, 7) is 0. The van der Waals surface area contributed by atoms with Crippen LogP contribution in [-0.4, -0.2) is 18.5 Å². The first-order valence-corrected chi connectivity index (χ1v) is 7.09. The molecule has 0 spiro atoms. The number of benzene rings is 1. The number of amides is 1. The number of carbonyl (C=O) groups is 1. The van der Waals surface area contributed by atoms with E-state index < -0.39 is 17.5 Å².